The molecular weight excluding hydrogens is 856 g/mol. The number of nitrogens with zero attached hydrogens (tertiary/aromatic N) is 2. The fraction of sp³-hybridized carbons (Fsp3) is 0.448. The van der Waals surface area contributed by atoms with Crippen molar-refractivity contribution in [3.63, 3.8) is 0 Å². The first-order chi connectivity index (χ1) is 32.3. The number of halogens is 1. The Morgan fingerprint density at radius 2 is 1.37 bits per heavy atom. The monoisotopic (exact) mass is 931 g/mol. The van der Waals surface area contributed by atoms with E-state index in [1.54, 1.807) is 25.3 Å². The van der Waals surface area contributed by atoms with Gasteiger partial charge in [-0.05, 0) is 114 Å². The van der Waals surface area contributed by atoms with Gasteiger partial charge in [0.05, 0.1) is 37.0 Å². The fourth-order valence-corrected chi connectivity index (χ4v) is 9.33. The van der Waals surface area contributed by atoms with Crippen LogP contribution in [0.5, 0.6) is 0 Å². The van der Waals surface area contributed by atoms with Crippen LogP contribution in [0.2, 0.25) is 0 Å². The highest BCUT2D eigenvalue weighted by atomic mass is 19.1. The number of aliphatic hydroxyl groups excluding tert-OH is 3. The Morgan fingerprint density at radius 3 is 1.87 bits per heavy atom. The van der Waals surface area contributed by atoms with Crippen LogP contribution in [0.4, 0.5) is 4.39 Å². The third kappa shape index (κ3) is 14.5. The molecule has 0 spiro atoms. The highest BCUT2D eigenvalue weighted by molar-refractivity contribution is 5.80. The standard InChI is InChI=1S/C32H41NO2.C26H34FNO5/c1-31(2,3)26-18-16-25(17-19-26)30(34)15-10-22-33-23-20-29(21-24-33)32(35,27-11-6-4-7-12-27)28-13-8-5-9-14-28;1-15(2)25-21(11-10-19(29)12-20(30)13-23(31)32)24(17-6-8-18(27)9-7-17)22(14-33-5)26(28-25)16(3)4/h4-9,11-14,16-19,29-30,34-35H,10,15,20-24H2,1-3H3;6-11,15-16,19-20,29-30H,12-14H2,1-5H3,(H,31,32)/b;11-10+/t;19-,20-/m.1/s1. The number of likely N-dealkylation sites (tertiary alicyclic amines) is 1. The van der Waals surface area contributed by atoms with Gasteiger partial charge in [-0.2, -0.15) is 0 Å². The van der Waals surface area contributed by atoms with E-state index in [4.69, 9.17) is 14.8 Å². The molecule has 1 saturated heterocycles. The number of aliphatic carboxylic acids is 1. The van der Waals surface area contributed by atoms with Gasteiger partial charge in [0, 0.05) is 30.4 Å². The summed E-state index contributed by atoms with van der Waals surface area (Å²) >= 11 is 0. The van der Waals surface area contributed by atoms with Crippen LogP contribution in [0.1, 0.15) is 150 Å². The molecule has 0 amide bonds. The van der Waals surface area contributed by atoms with Crippen molar-refractivity contribution in [2.24, 2.45) is 5.92 Å². The second-order valence-corrected chi connectivity index (χ2v) is 20.0. The van der Waals surface area contributed by atoms with Gasteiger partial charge in [0.15, 0.2) is 0 Å². The lowest BCUT2D eigenvalue weighted by molar-refractivity contribution is -0.139. The zero-order valence-electron chi connectivity index (χ0n) is 41.4. The maximum absolute atomic E-state index is 13.7. The largest absolute Gasteiger partial charge is 0.481 e. The predicted octanol–water partition coefficient (Wildman–Crippen LogP) is 11.3. The molecule has 10 heteroatoms. The van der Waals surface area contributed by atoms with Gasteiger partial charge in [-0.15, -0.1) is 0 Å². The van der Waals surface area contributed by atoms with Crippen LogP contribution >= 0.6 is 0 Å². The van der Waals surface area contributed by atoms with Crippen LogP contribution in [0, 0.1) is 11.7 Å². The number of carboxylic acids is 1. The Bertz CT molecular complexity index is 2300. The number of aliphatic hydroxyl groups is 4. The van der Waals surface area contributed by atoms with E-state index in [-0.39, 0.29) is 35.4 Å². The molecule has 3 atom stereocenters. The number of hydrogen-bond donors (Lipinski definition) is 5. The maximum atomic E-state index is 13.7. The Morgan fingerprint density at radius 1 is 0.809 bits per heavy atom. The van der Waals surface area contributed by atoms with E-state index in [0.717, 1.165) is 95.6 Å². The first-order valence-corrected chi connectivity index (χ1v) is 24.2. The molecule has 0 aliphatic carbocycles. The maximum Gasteiger partial charge on any atom is 0.305 e. The van der Waals surface area contributed by atoms with Crippen LogP contribution in [-0.4, -0.2) is 80.3 Å². The van der Waals surface area contributed by atoms with Crippen molar-refractivity contribution in [1.82, 2.24) is 9.88 Å². The van der Waals surface area contributed by atoms with Gasteiger partial charge < -0.3 is 35.2 Å². The Kier molecular flexibility index (Phi) is 19.8. The zero-order valence-corrected chi connectivity index (χ0v) is 41.4. The molecule has 68 heavy (non-hydrogen) atoms. The smallest absolute Gasteiger partial charge is 0.305 e. The summed E-state index contributed by atoms with van der Waals surface area (Å²) in [6, 6.07) is 34.9. The van der Waals surface area contributed by atoms with Crippen LogP contribution in [0.3, 0.4) is 0 Å². The summed E-state index contributed by atoms with van der Waals surface area (Å²) in [6.45, 7) is 18.1. The van der Waals surface area contributed by atoms with Gasteiger partial charge in [-0.25, -0.2) is 4.39 Å². The molecule has 5 N–H and O–H groups in total. The number of pyridine rings is 1. The average molecular weight is 931 g/mol. The molecule has 1 fully saturated rings. The zero-order chi connectivity index (χ0) is 49.6. The highest BCUT2D eigenvalue weighted by Gasteiger charge is 2.41. The number of carbonyl (C=O) groups is 1. The molecule has 1 aromatic heterocycles. The Labute approximate surface area is 404 Å². The topological polar surface area (TPSA) is 144 Å². The molecule has 5 aromatic rings. The van der Waals surface area contributed by atoms with Crippen LogP contribution in [0.15, 0.2) is 115 Å². The summed E-state index contributed by atoms with van der Waals surface area (Å²) in [4.78, 5) is 18.2. The summed E-state index contributed by atoms with van der Waals surface area (Å²) in [5.41, 5.74) is 8.46. The summed E-state index contributed by atoms with van der Waals surface area (Å²) < 4.78 is 19.2. The minimum Gasteiger partial charge on any atom is -0.481 e. The van der Waals surface area contributed by atoms with Crippen molar-refractivity contribution in [2.75, 3.05) is 26.7 Å². The van der Waals surface area contributed by atoms with E-state index >= 15 is 0 Å². The third-order valence-corrected chi connectivity index (χ3v) is 13.0. The number of benzene rings is 4. The normalized spacial score (nSPS) is 15.3. The summed E-state index contributed by atoms with van der Waals surface area (Å²) in [7, 11) is 1.61. The van der Waals surface area contributed by atoms with Gasteiger partial charge in [0.1, 0.15) is 11.4 Å². The van der Waals surface area contributed by atoms with E-state index in [1.165, 1.54) is 23.8 Å². The first-order valence-electron chi connectivity index (χ1n) is 24.2. The molecule has 1 aliphatic rings. The number of methoxy groups -OCH3 is 1. The third-order valence-electron chi connectivity index (χ3n) is 13.0. The number of ether oxygens (including phenoxy) is 1. The molecule has 0 saturated carbocycles. The first kappa shape index (κ1) is 53.9. The molecule has 0 bridgehead atoms. The second-order valence-electron chi connectivity index (χ2n) is 20.0. The van der Waals surface area contributed by atoms with E-state index in [2.05, 4.69) is 88.0 Å². The fourth-order valence-electron chi connectivity index (χ4n) is 9.33. The van der Waals surface area contributed by atoms with Gasteiger partial charge in [0.2, 0.25) is 0 Å². The van der Waals surface area contributed by atoms with Crippen molar-refractivity contribution < 1.29 is 39.5 Å². The van der Waals surface area contributed by atoms with Gasteiger partial charge in [-0.1, -0.05) is 158 Å². The van der Waals surface area contributed by atoms with Crippen LogP contribution in [-0.2, 0) is 27.2 Å². The van der Waals surface area contributed by atoms with Crippen molar-refractivity contribution in [3.05, 3.63) is 166 Å². The molecule has 0 radical (unpaired) electrons. The number of piperidine rings is 1. The van der Waals surface area contributed by atoms with E-state index in [0.29, 0.717) is 6.61 Å². The number of hydrogen-bond acceptors (Lipinski definition) is 8. The summed E-state index contributed by atoms with van der Waals surface area (Å²) in [5.74, 6) is -1.10. The molecule has 1 aliphatic heterocycles. The van der Waals surface area contributed by atoms with Gasteiger partial charge >= 0.3 is 5.97 Å². The molecule has 366 valence electrons. The van der Waals surface area contributed by atoms with Crippen molar-refractivity contribution >= 4 is 12.0 Å². The lowest BCUT2D eigenvalue weighted by atomic mass is 9.72. The Hall–Kier alpha value is -5.07. The predicted molar refractivity (Wildman–Crippen MR) is 271 cm³/mol. The second kappa shape index (κ2) is 25.0. The molecule has 2 heterocycles. The average Bonchev–Trinajstić information content (AvgIpc) is 3.31. The summed E-state index contributed by atoms with van der Waals surface area (Å²) in [5, 5.41) is 51.8. The quantitative estimate of drug-likeness (QED) is 0.0547. The minimum absolute atomic E-state index is 0.0627. The SMILES string of the molecule is CC(C)(C)c1ccc(C(O)CCCN2CCC(C(O)(c3ccccc3)c3ccccc3)CC2)cc1.COCc1c(C(C)C)nc(C(C)C)c(/C=C/[C@@H](O)C[C@@H](O)CC(=O)O)c1-c1ccc(F)cc1. The lowest BCUT2D eigenvalue weighted by Gasteiger charge is -2.42. The number of rotatable bonds is 19. The van der Waals surface area contributed by atoms with E-state index < -0.39 is 36.3 Å². The van der Waals surface area contributed by atoms with Gasteiger partial charge in [-0.3, -0.25) is 9.78 Å². The highest BCUT2D eigenvalue weighted by Crippen LogP contribution is 2.42. The summed E-state index contributed by atoms with van der Waals surface area (Å²) in [6.07, 6.45) is 3.78. The molecule has 9 nitrogen and oxygen atoms in total. The number of carboxylic acid groups (broad SMARTS) is 1. The van der Waals surface area contributed by atoms with Crippen molar-refractivity contribution in [2.45, 2.75) is 135 Å². The van der Waals surface area contributed by atoms with E-state index in [1.807, 2.05) is 50.2 Å². The van der Waals surface area contributed by atoms with E-state index in [9.17, 15) is 29.6 Å². The molecule has 4 aromatic carbocycles. The van der Waals surface area contributed by atoms with Crippen molar-refractivity contribution in [1.29, 1.82) is 0 Å². The van der Waals surface area contributed by atoms with Gasteiger partial charge in [0.25, 0.3) is 0 Å². The molecule has 1 unspecified atom stereocenters. The minimum atomic E-state index is -1.16. The van der Waals surface area contributed by atoms with Crippen LogP contribution in [0.25, 0.3) is 17.2 Å². The van der Waals surface area contributed by atoms with Crippen molar-refractivity contribution in [3.8, 4) is 11.1 Å². The molecular formula is C58H75FN2O7. The lowest BCUT2D eigenvalue weighted by Crippen LogP contribution is -2.44. The number of aromatic nitrogens is 1. The Balaban J connectivity index is 0.000000255. The molecule has 6 rings (SSSR count). The van der Waals surface area contributed by atoms with Crippen LogP contribution < -0.4 is 0 Å².